The molecule has 29 heavy (non-hydrogen) atoms. The normalized spacial score (nSPS) is 11.1. The molecule has 0 saturated heterocycles. The minimum atomic E-state index is -3.88. The molecule has 158 valence electrons. The Hall–Kier alpha value is -2.88. The van der Waals surface area contributed by atoms with Gasteiger partial charge in [0.1, 0.15) is 6.54 Å². The van der Waals surface area contributed by atoms with E-state index in [-0.39, 0.29) is 12.2 Å². The lowest BCUT2D eigenvalue weighted by molar-refractivity contribution is -0.119. The monoisotopic (exact) mass is 428 g/mol. The maximum atomic E-state index is 13.5. The SMILES string of the molecule is COc1ccc(CCNC(=O)CN(c2ccc(F)c(F)c2)S(C)(=O)=O)cc1OC. The standard InChI is InChI=1S/C19H22F2N2O5S/c1-27-17-7-4-13(10-18(17)28-2)8-9-22-19(24)12-23(29(3,25)26)14-5-6-15(20)16(21)11-14/h4-7,10-11H,8-9,12H2,1-3H3,(H,22,24). The summed E-state index contributed by atoms with van der Waals surface area (Å²) in [6.07, 6.45) is 1.35. The number of methoxy groups -OCH3 is 2. The number of amides is 1. The van der Waals surface area contributed by atoms with Gasteiger partial charge in [-0.2, -0.15) is 0 Å². The van der Waals surface area contributed by atoms with Crippen LogP contribution < -0.4 is 19.1 Å². The molecule has 0 atom stereocenters. The molecule has 0 saturated carbocycles. The molecular formula is C19H22F2N2O5S. The molecule has 10 heteroatoms. The molecule has 0 heterocycles. The second-order valence-corrected chi connectivity index (χ2v) is 8.06. The first-order valence-corrected chi connectivity index (χ1v) is 10.4. The van der Waals surface area contributed by atoms with Crippen LogP contribution in [0.25, 0.3) is 0 Å². The number of hydrogen-bond donors (Lipinski definition) is 1. The lowest BCUT2D eigenvalue weighted by atomic mass is 10.1. The van der Waals surface area contributed by atoms with Crippen LogP contribution in [0.5, 0.6) is 11.5 Å². The van der Waals surface area contributed by atoms with Gasteiger partial charge in [0.15, 0.2) is 23.1 Å². The number of sulfonamides is 1. The Morgan fingerprint density at radius 3 is 2.31 bits per heavy atom. The zero-order chi connectivity index (χ0) is 21.6. The topological polar surface area (TPSA) is 84.9 Å². The van der Waals surface area contributed by atoms with E-state index in [9.17, 15) is 22.0 Å². The number of rotatable bonds is 9. The van der Waals surface area contributed by atoms with Crippen LogP contribution in [0.2, 0.25) is 0 Å². The number of anilines is 1. The maximum absolute atomic E-state index is 13.5. The van der Waals surface area contributed by atoms with Crippen molar-refractivity contribution in [1.29, 1.82) is 0 Å². The van der Waals surface area contributed by atoms with E-state index in [0.29, 0.717) is 22.2 Å². The van der Waals surface area contributed by atoms with Crippen LogP contribution in [0, 0.1) is 11.6 Å². The van der Waals surface area contributed by atoms with Gasteiger partial charge >= 0.3 is 0 Å². The maximum Gasteiger partial charge on any atom is 0.240 e. The van der Waals surface area contributed by atoms with Crippen molar-refractivity contribution in [3.8, 4) is 11.5 Å². The molecule has 0 fully saturated rings. The number of nitrogens with zero attached hydrogens (tertiary/aromatic N) is 1. The molecule has 0 aromatic heterocycles. The Balaban J connectivity index is 2.01. The summed E-state index contributed by atoms with van der Waals surface area (Å²) in [5, 5.41) is 2.61. The number of halogens is 2. The van der Waals surface area contributed by atoms with E-state index < -0.39 is 34.1 Å². The molecule has 2 aromatic carbocycles. The van der Waals surface area contributed by atoms with Crippen molar-refractivity contribution in [1.82, 2.24) is 5.32 Å². The molecule has 2 rings (SSSR count). The summed E-state index contributed by atoms with van der Waals surface area (Å²) in [4.78, 5) is 12.2. The first-order chi connectivity index (χ1) is 13.7. The van der Waals surface area contributed by atoms with Gasteiger partial charge in [-0.05, 0) is 36.2 Å². The molecule has 2 aromatic rings. The van der Waals surface area contributed by atoms with Gasteiger partial charge < -0.3 is 14.8 Å². The van der Waals surface area contributed by atoms with Gasteiger partial charge in [0, 0.05) is 12.6 Å². The Kier molecular flexibility index (Phi) is 7.38. The van der Waals surface area contributed by atoms with Crippen LogP contribution in [0.1, 0.15) is 5.56 Å². The molecule has 1 amide bonds. The van der Waals surface area contributed by atoms with Crippen molar-refractivity contribution in [2.75, 3.05) is 37.9 Å². The van der Waals surface area contributed by atoms with E-state index in [1.165, 1.54) is 14.2 Å². The molecule has 1 N–H and O–H groups in total. The van der Waals surface area contributed by atoms with Crippen molar-refractivity contribution >= 4 is 21.6 Å². The molecular weight excluding hydrogens is 406 g/mol. The van der Waals surface area contributed by atoms with Crippen molar-refractivity contribution in [3.05, 3.63) is 53.6 Å². The van der Waals surface area contributed by atoms with Gasteiger partial charge in [0.05, 0.1) is 26.2 Å². The van der Waals surface area contributed by atoms with Gasteiger partial charge in [-0.1, -0.05) is 6.07 Å². The number of hydrogen-bond acceptors (Lipinski definition) is 5. The Bertz CT molecular complexity index is 983. The molecule has 0 unspecified atom stereocenters. The molecule has 0 radical (unpaired) electrons. The first-order valence-electron chi connectivity index (χ1n) is 8.56. The molecule has 0 bridgehead atoms. The number of carbonyl (C=O) groups is 1. The average molecular weight is 428 g/mol. The van der Waals surface area contributed by atoms with Crippen molar-refractivity contribution < 1.29 is 31.5 Å². The zero-order valence-corrected chi connectivity index (χ0v) is 17.1. The average Bonchev–Trinajstić information content (AvgIpc) is 2.67. The molecule has 0 aliphatic rings. The van der Waals surface area contributed by atoms with Crippen molar-refractivity contribution in [3.63, 3.8) is 0 Å². The summed E-state index contributed by atoms with van der Waals surface area (Å²) in [6, 6.07) is 7.96. The fourth-order valence-electron chi connectivity index (χ4n) is 2.61. The number of carbonyl (C=O) groups excluding carboxylic acids is 1. The van der Waals surface area contributed by atoms with E-state index in [2.05, 4.69) is 5.32 Å². The minimum Gasteiger partial charge on any atom is -0.493 e. The lowest BCUT2D eigenvalue weighted by Crippen LogP contribution is -2.41. The third-order valence-electron chi connectivity index (χ3n) is 4.06. The highest BCUT2D eigenvalue weighted by molar-refractivity contribution is 7.92. The smallest absolute Gasteiger partial charge is 0.240 e. The van der Waals surface area contributed by atoms with Gasteiger partial charge in [-0.15, -0.1) is 0 Å². The van der Waals surface area contributed by atoms with Crippen LogP contribution in [-0.2, 0) is 21.2 Å². The summed E-state index contributed by atoms with van der Waals surface area (Å²) in [5.41, 5.74) is 0.741. The van der Waals surface area contributed by atoms with E-state index in [0.717, 1.165) is 30.0 Å². The number of ether oxygens (including phenoxy) is 2. The molecule has 7 nitrogen and oxygen atoms in total. The second-order valence-electron chi connectivity index (χ2n) is 6.16. The highest BCUT2D eigenvalue weighted by Gasteiger charge is 2.22. The van der Waals surface area contributed by atoms with Crippen LogP contribution in [0.15, 0.2) is 36.4 Å². The van der Waals surface area contributed by atoms with Crippen LogP contribution >= 0.6 is 0 Å². The lowest BCUT2D eigenvalue weighted by Gasteiger charge is -2.22. The minimum absolute atomic E-state index is 0.138. The highest BCUT2D eigenvalue weighted by atomic mass is 32.2. The molecule has 0 aliphatic heterocycles. The van der Waals surface area contributed by atoms with E-state index >= 15 is 0 Å². The zero-order valence-electron chi connectivity index (χ0n) is 16.2. The summed E-state index contributed by atoms with van der Waals surface area (Å²) in [5.74, 6) is -1.76. The summed E-state index contributed by atoms with van der Waals surface area (Å²) < 4.78 is 61.6. The van der Waals surface area contributed by atoms with Crippen molar-refractivity contribution in [2.45, 2.75) is 6.42 Å². The quantitative estimate of drug-likeness (QED) is 0.661. The number of nitrogens with one attached hydrogen (secondary N) is 1. The largest absolute Gasteiger partial charge is 0.493 e. The van der Waals surface area contributed by atoms with Crippen LogP contribution in [0.3, 0.4) is 0 Å². The summed E-state index contributed by atoms with van der Waals surface area (Å²) >= 11 is 0. The molecule has 0 aliphatic carbocycles. The Morgan fingerprint density at radius 1 is 1.03 bits per heavy atom. The Labute approximate surface area is 168 Å². The fourth-order valence-corrected chi connectivity index (χ4v) is 3.46. The fraction of sp³-hybridized carbons (Fsp3) is 0.316. The second kappa shape index (κ2) is 9.55. The van der Waals surface area contributed by atoms with E-state index in [4.69, 9.17) is 9.47 Å². The van der Waals surface area contributed by atoms with E-state index in [1.807, 2.05) is 6.07 Å². The third-order valence-corrected chi connectivity index (χ3v) is 5.20. The molecule has 0 spiro atoms. The summed E-state index contributed by atoms with van der Waals surface area (Å²) in [7, 11) is -0.842. The van der Waals surface area contributed by atoms with E-state index in [1.54, 1.807) is 12.1 Å². The third kappa shape index (κ3) is 6.05. The predicted molar refractivity (Wildman–Crippen MR) is 105 cm³/mol. The van der Waals surface area contributed by atoms with Gasteiger partial charge in [0.2, 0.25) is 15.9 Å². The highest BCUT2D eigenvalue weighted by Crippen LogP contribution is 2.27. The van der Waals surface area contributed by atoms with Crippen molar-refractivity contribution in [2.24, 2.45) is 0 Å². The Morgan fingerprint density at radius 2 is 1.72 bits per heavy atom. The van der Waals surface area contributed by atoms with Gasteiger partial charge in [-0.3, -0.25) is 9.10 Å². The number of benzene rings is 2. The first kappa shape index (κ1) is 22.4. The van der Waals surface area contributed by atoms with Gasteiger partial charge in [0.25, 0.3) is 0 Å². The predicted octanol–water partition coefficient (Wildman–Crippen LogP) is 2.11. The van der Waals surface area contributed by atoms with Gasteiger partial charge in [-0.25, -0.2) is 17.2 Å². The summed E-state index contributed by atoms with van der Waals surface area (Å²) in [6.45, 7) is -0.320. The van der Waals surface area contributed by atoms with Crippen LogP contribution in [0.4, 0.5) is 14.5 Å². The van der Waals surface area contributed by atoms with Crippen LogP contribution in [-0.4, -0.2) is 47.9 Å².